The minimum absolute atomic E-state index is 0. The molecule has 0 rings (SSSR count). The van der Waals surface area contributed by atoms with Crippen LogP contribution in [0.1, 0.15) is 0 Å². The van der Waals surface area contributed by atoms with E-state index in [-0.39, 0.29) is 36.3 Å². The van der Waals surface area contributed by atoms with Gasteiger partial charge in [-0.3, -0.25) is 4.90 Å². The summed E-state index contributed by atoms with van der Waals surface area (Å²) in [5.74, 6) is 0. The average molecular weight is 208 g/mol. The van der Waals surface area contributed by atoms with Crippen molar-refractivity contribution in [3.63, 3.8) is 0 Å². The zero-order valence-electron chi connectivity index (χ0n) is 6.35. The molecule has 0 atom stereocenters. The largest absolute Gasteiger partial charge is 2.00 e. The molecular formula is C6H15NNiO3+2. The smallest absolute Gasteiger partial charge is 0.395 e. The molecule has 0 amide bonds. The van der Waals surface area contributed by atoms with E-state index in [1.54, 1.807) is 4.90 Å². The molecule has 0 aliphatic rings. The monoisotopic (exact) mass is 207 g/mol. The molecular weight excluding hydrogens is 193 g/mol. The number of aliphatic hydroxyl groups excluding tert-OH is 3. The minimum atomic E-state index is 0. The maximum atomic E-state index is 8.48. The Labute approximate surface area is 76.8 Å². The predicted octanol–water partition coefficient (Wildman–Crippen LogP) is -1.74. The Morgan fingerprint density at radius 3 is 1.18 bits per heavy atom. The quantitative estimate of drug-likeness (QED) is 0.453. The molecule has 70 valence electrons. The van der Waals surface area contributed by atoms with Crippen LogP contribution in [-0.4, -0.2) is 59.7 Å². The molecule has 0 aromatic heterocycles. The molecule has 0 aromatic rings. The van der Waals surface area contributed by atoms with Crippen molar-refractivity contribution in [3.05, 3.63) is 0 Å². The number of rotatable bonds is 6. The third-order valence-corrected chi connectivity index (χ3v) is 1.25. The molecule has 0 fully saturated rings. The molecule has 0 saturated carbocycles. The second kappa shape index (κ2) is 10.3. The third-order valence-electron chi connectivity index (χ3n) is 1.25. The van der Waals surface area contributed by atoms with Gasteiger partial charge in [-0.2, -0.15) is 0 Å². The Bertz CT molecular complexity index is 60.6. The molecule has 0 aliphatic heterocycles. The van der Waals surface area contributed by atoms with E-state index in [2.05, 4.69) is 0 Å². The summed E-state index contributed by atoms with van der Waals surface area (Å²) in [6.07, 6.45) is 0. The first kappa shape index (κ1) is 13.9. The fourth-order valence-electron chi connectivity index (χ4n) is 0.760. The molecule has 0 heterocycles. The Morgan fingerprint density at radius 2 is 1.00 bits per heavy atom. The first-order valence-electron chi connectivity index (χ1n) is 3.40. The summed E-state index contributed by atoms with van der Waals surface area (Å²) in [6, 6.07) is 0. The first-order chi connectivity index (χ1) is 4.85. The van der Waals surface area contributed by atoms with Crippen LogP contribution in [-0.2, 0) is 16.5 Å². The van der Waals surface area contributed by atoms with Gasteiger partial charge in [0.2, 0.25) is 0 Å². The van der Waals surface area contributed by atoms with Crippen LogP contribution in [0, 0.1) is 0 Å². The third kappa shape index (κ3) is 8.24. The average Bonchev–Trinajstić information content (AvgIpc) is 1.90. The standard InChI is InChI=1S/C6H15NO3.Ni/c8-4-1-7(2-5-9)3-6-10;/h8-10H,1-6H2;/q;+2. The summed E-state index contributed by atoms with van der Waals surface area (Å²) in [6.45, 7) is 1.75. The summed E-state index contributed by atoms with van der Waals surface area (Å²) in [4.78, 5) is 1.79. The van der Waals surface area contributed by atoms with E-state index in [1.807, 2.05) is 0 Å². The van der Waals surface area contributed by atoms with Crippen LogP contribution < -0.4 is 0 Å². The van der Waals surface area contributed by atoms with E-state index >= 15 is 0 Å². The van der Waals surface area contributed by atoms with E-state index < -0.39 is 0 Å². The van der Waals surface area contributed by atoms with Gasteiger partial charge in [0.25, 0.3) is 0 Å². The summed E-state index contributed by atoms with van der Waals surface area (Å²) in [7, 11) is 0. The van der Waals surface area contributed by atoms with Crippen LogP contribution in [0.25, 0.3) is 0 Å². The second-order valence-electron chi connectivity index (χ2n) is 2.01. The Balaban J connectivity index is 0. The van der Waals surface area contributed by atoms with E-state index in [0.717, 1.165) is 0 Å². The first-order valence-corrected chi connectivity index (χ1v) is 3.40. The van der Waals surface area contributed by atoms with Gasteiger partial charge < -0.3 is 15.3 Å². The summed E-state index contributed by atoms with van der Waals surface area (Å²) < 4.78 is 0. The van der Waals surface area contributed by atoms with Gasteiger partial charge in [-0.25, -0.2) is 0 Å². The summed E-state index contributed by atoms with van der Waals surface area (Å²) in [5.41, 5.74) is 0. The van der Waals surface area contributed by atoms with Gasteiger partial charge in [-0.05, 0) is 0 Å². The van der Waals surface area contributed by atoms with E-state index in [4.69, 9.17) is 15.3 Å². The van der Waals surface area contributed by atoms with Gasteiger partial charge in [0.1, 0.15) is 0 Å². The van der Waals surface area contributed by atoms with Crippen molar-refractivity contribution >= 4 is 0 Å². The predicted molar refractivity (Wildman–Crippen MR) is 37.7 cm³/mol. The zero-order chi connectivity index (χ0) is 7.82. The van der Waals surface area contributed by atoms with Crippen molar-refractivity contribution in [1.29, 1.82) is 0 Å². The van der Waals surface area contributed by atoms with Crippen molar-refractivity contribution in [2.24, 2.45) is 0 Å². The summed E-state index contributed by atoms with van der Waals surface area (Å²) >= 11 is 0. The molecule has 0 bridgehead atoms. The topological polar surface area (TPSA) is 63.9 Å². The zero-order valence-corrected chi connectivity index (χ0v) is 7.34. The number of aliphatic hydroxyl groups is 3. The molecule has 0 saturated heterocycles. The maximum Gasteiger partial charge on any atom is 2.00 e. The minimum Gasteiger partial charge on any atom is -0.395 e. The van der Waals surface area contributed by atoms with Crippen LogP contribution >= 0.6 is 0 Å². The van der Waals surface area contributed by atoms with Crippen LogP contribution in [0.15, 0.2) is 0 Å². The second-order valence-corrected chi connectivity index (χ2v) is 2.01. The summed E-state index contributed by atoms with van der Waals surface area (Å²) in [5, 5.41) is 25.5. The van der Waals surface area contributed by atoms with Crippen molar-refractivity contribution in [1.82, 2.24) is 4.90 Å². The van der Waals surface area contributed by atoms with Crippen molar-refractivity contribution in [2.45, 2.75) is 0 Å². The van der Waals surface area contributed by atoms with Gasteiger partial charge >= 0.3 is 16.5 Å². The molecule has 0 spiro atoms. The fraction of sp³-hybridized carbons (Fsp3) is 1.00. The normalized spacial score (nSPS) is 9.82. The van der Waals surface area contributed by atoms with Crippen molar-refractivity contribution in [3.8, 4) is 0 Å². The fourth-order valence-corrected chi connectivity index (χ4v) is 0.760. The van der Waals surface area contributed by atoms with Crippen LogP contribution in [0.2, 0.25) is 0 Å². The molecule has 0 aromatic carbocycles. The van der Waals surface area contributed by atoms with E-state index in [1.165, 1.54) is 0 Å². The Kier molecular flexibility index (Phi) is 13.1. The van der Waals surface area contributed by atoms with Gasteiger partial charge in [-0.1, -0.05) is 0 Å². The molecule has 0 radical (unpaired) electrons. The van der Waals surface area contributed by atoms with Crippen LogP contribution in [0.3, 0.4) is 0 Å². The van der Waals surface area contributed by atoms with E-state index in [0.29, 0.717) is 19.6 Å². The Hall–Kier alpha value is 0.334. The Morgan fingerprint density at radius 1 is 0.727 bits per heavy atom. The van der Waals surface area contributed by atoms with Crippen molar-refractivity contribution < 1.29 is 31.8 Å². The van der Waals surface area contributed by atoms with Crippen LogP contribution in [0.4, 0.5) is 0 Å². The van der Waals surface area contributed by atoms with Gasteiger partial charge in [0.15, 0.2) is 0 Å². The molecule has 5 heteroatoms. The molecule has 4 nitrogen and oxygen atoms in total. The molecule has 0 unspecified atom stereocenters. The van der Waals surface area contributed by atoms with E-state index in [9.17, 15) is 0 Å². The molecule has 11 heavy (non-hydrogen) atoms. The molecule has 0 aliphatic carbocycles. The number of hydrogen-bond acceptors (Lipinski definition) is 4. The van der Waals surface area contributed by atoms with Gasteiger partial charge in [-0.15, -0.1) is 0 Å². The maximum absolute atomic E-state index is 8.48. The number of hydrogen-bond donors (Lipinski definition) is 3. The molecule has 3 N–H and O–H groups in total. The van der Waals surface area contributed by atoms with Crippen LogP contribution in [0.5, 0.6) is 0 Å². The van der Waals surface area contributed by atoms with Gasteiger partial charge in [0, 0.05) is 19.6 Å². The SMILES string of the molecule is OCCN(CCO)CCO.[Ni+2]. The van der Waals surface area contributed by atoms with Gasteiger partial charge in [0.05, 0.1) is 19.8 Å². The van der Waals surface area contributed by atoms with Crippen molar-refractivity contribution in [2.75, 3.05) is 39.5 Å². The number of nitrogens with zero attached hydrogens (tertiary/aromatic N) is 1.